The van der Waals surface area contributed by atoms with Crippen molar-refractivity contribution in [1.29, 1.82) is 5.26 Å². The third-order valence-electron chi connectivity index (χ3n) is 2.79. The Morgan fingerprint density at radius 3 is 2.52 bits per heavy atom. The zero-order valence-electron chi connectivity index (χ0n) is 11.4. The third kappa shape index (κ3) is 3.67. The Kier molecular flexibility index (Phi) is 4.32. The van der Waals surface area contributed by atoms with Gasteiger partial charge in [0.15, 0.2) is 0 Å². The lowest BCUT2D eigenvalue weighted by molar-refractivity contribution is -0.126. The average Bonchev–Trinajstić information content (AvgIpc) is 2.47. The standard InChI is InChI=1S/C16H13N3O2/c1-11(20)19-16(21)14(9-17)10-18-15-7-6-12-4-2-3-5-13(12)8-15/h2-8,10,18H,1H3,(H,19,20,21)/b14-10-. The molecule has 0 saturated heterocycles. The number of nitrogens with zero attached hydrogens (tertiary/aromatic N) is 1. The van der Waals surface area contributed by atoms with E-state index in [1.54, 1.807) is 6.07 Å². The molecule has 0 spiro atoms. The lowest BCUT2D eigenvalue weighted by Gasteiger charge is -2.04. The number of nitriles is 1. The molecule has 0 saturated carbocycles. The summed E-state index contributed by atoms with van der Waals surface area (Å²) in [5, 5.41) is 16.0. The highest BCUT2D eigenvalue weighted by Gasteiger charge is 2.09. The highest BCUT2D eigenvalue weighted by atomic mass is 16.2. The molecule has 2 aromatic rings. The molecule has 2 N–H and O–H groups in total. The fourth-order valence-corrected chi connectivity index (χ4v) is 1.81. The van der Waals surface area contributed by atoms with Gasteiger partial charge in [-0.05, 0) is 22.9 Å². The summed E-state index contributed by atoms with van der Waals surface area (Å²) < 4.78 is 0. The minimum atomic E-state index is -0.724. The van der Waals surface area contributed by atoms with Crippen LogP contribution in [0.4, 0.5) is 5.69 Å². The second kappa shape index (κ2) is 6.35. The zero-order chi connectivity index (χ0) is 15.2. The first-order chi connectivity index (χ1) is 10.1. The van der Waals surface area contributed by atoms with Crippen molar-refractivity contribution in [3.05, 3.63) is 54.2 Å². The quantitative estimate of drug-likeness (QED) is 0.667. The number of nitrogens with one attached hydrogen (secondary N) is 2. The molecular formula is C16H13N3O2. The monoisotopic (exact) mass is 279 g/mol. The zero-order valence-corrected chi connectivity index (χ0v) is 11.4. The number of carbonyl (C=O) groups excluding carboxylic acids is 2. The fraction of sp³-hybridized carbons (Fsp3) is 0.0625. The predicted molar refractivity (Wildman–Crippen MR) is 80.1 cm³/mol. The lowest BCUT2D eigenvalue weighted by Crippen LogP contribution is -2.29. The van der Waals surface area contributed by atoms with Crippen LogP contribution in [-0.2, 0) is 9.59 Å². The van der Waals surface area contributed by atoms with Gasteiger partial charge < -0.3 is 5.32 Å². The van der Waals surface area contributed by atoms with Crippen LogP contribution in [-0.4, -0.2) is 11.8 Å². The third-order valence-corrected chi connectivity index (χ3v) is 2.79. The smallest absolute Gasteiger partial charge is 0.269 e. The number of carbonyl (C=O) groups is 2. The van der Waals surface area contributed by atoms with Gasteiger partial charge >= 0.3 is 0 Å². The molecule has 0 unspecified atom stereocenters. The van der Waals surface area contributed by atoms with Crippen LogP contribution in [0.3, 0.4) is 0 Å². The van der Waals surface area contributed by atoms with Crippen LogP contribution in [0.1, 0.15) is 6.92 Å². The van der Waals surface area contributed by atoms with Crippen LogP contribution in [0.25, 0.3) is 10.8 Å². The molecule has 0 bridgehead atoms. The van der Waals surface area contributed by atoms with E-state index in [0.717, 1.165) is 16.5 Å². The summed E-state index contributed by atoms with van der Waals surface area (Å²) in [7, 11) is 0. The Hall–Kier alpha value is -3.13. The van der Waals surface area contributed by atoms with Crippen molar-refractivity contribution >= 4 is 28.3 Å². The van der Waals surface area contributed by atoms with Crippen molar-refractivity contribution in [3.63, 3.8) is 0 Å². The largest absolute Gasteiger partial charge is 0.360 e. The van der Waals surface area contributed by atoms with Gasteiger partial charge in [0.05, 0.1) is 0 Å². The van der Waals surface area contributed by atoms with Gasteiger partial charge in [-0.3, -0.25) is 14.9 Å². The molecule has 0 radical (unpaired) electrons. The van der Waals surface area contributed by atoms with E-state index in [0.29, 0.717) is 0 Å². The number of fused-ring (bicyclic) bond motifs is 1. The van der Waals surface area contributed by atoms with Crippen LogP contribution < -0.4 is 10.6 Å². The topological polar surface area (TPSA) is 82.0 Å². The van der Waals surface area contributed by atoms with Gasteiger partial charge in [0.25, 0.3) is 5.91 Å². The molecular weight excluding hydrogens is 266 g/mol. The van der Waals surface area contributed by atoms with Crippen molar-refractivity contribution in [3.8, 4) is 6.07 Å². The molecule has 2 amide bonds. The maximum absolute atomic E-state index is 11.6. The number of hydrogen-bond donors (Lipinski definition) is 2. The highest BCUT2D eigenvalue weighted by Crippen LogP contribution is 2.18. The van der Waals surface area contributed by atoms with Crippen molar-refractivity contribution in [2.45, 2.75) is 6.92 Å². The summed E-state index contributed by atoms with van der Waals surface area (Å²) in [6, 6.07) is 15.3. The molecule has 5 nitrogen and oxygen atoms in total. The van der Waals surface area contributed by atoms with E-state index in [-0.39, 0.29) is 5.57 Å². The number of hydrogen-bond acceptors (Lipinski definition) is 4. The summed E-state index contributed by atoms with van der Waals surface area (Å²) >= 11 is 0. The number of rotatable bonds is 3. The van der Waals surface area contributed by atoms with E-state index >= 15 is 0 Å². The second-order valence-corrected chi connectivity index (χ2v) is 4.39. The maximum atomic E-state index is 11.6. The Bertz CT molecular complexity index is 772. The summed E-state index contributed by atoms with van der Waals surface area (Å²) in [5.74, 6) is -1.23. The van der Waals surface area contributed by atoms with Gasteiger partial charge in [0.2, 0.25) is 5.91 Å². The molecule has 21 heavy (non-hydrogen) atoms. The molecule has 0 fully saturated rings. The highest BCUT2D eigenvalue weighted by molar-refractivity contribution is 6.06. The van der Waals surface area contributed by atoms with Crippen LogP contribution in [0, 0.1) is 11.3 Å². The Labute approximate surface area is 121 Å². The van der Waals surface area contributed by atoms with Crippen molar-refractivity contribution < 1.29 is 9.59 Å². The number of anilines is 1. The number of imide groups is 1. The molecule has 5 heteroatoms. The van der Waals surface area contributed by atoms with Crippen LogP contribution in [0.2, 0.25) is 0 Å². The van der Waals surface area contributed by atoms with Gasteiger partial charge in [-0.1, -0.05) is 30.3 Å². The summed E-state index contributed by atoms with van der Waals surface area (Å²) in [6.07, 6.45) is 1.28. The van der Waals surface area contributed by atoms with E-state index in [4.69, 9.17) is 5.26 Å². The first kappa shape index (κ1) is 14.3. The Morgan fingerprint density at radius 1 is 1.14 bits per heavy atom. The summed E-state index contributed by atoms with van der Waals surface area (Å²) in [6.45, 7) is 1.21. The van der Waals surface area contributed by atoms with E-state index in [1.165, 1.54) is 13.1 Å². The number of amides is 2. The minimum absolute atomic E-state index is 0.168. The molecule has 0 aliphatic carbocycles. The Morgan fingerprint density at radius 2 is 1.86 bits per heavy atom. The summed E-state index contributed by atoms with van der Waals surface area (Å²) in [5.41, 5.74) is 0.579. The normalized spacial score (nSPS) is 10.8. The lowest BCUT2D eigenvalue weighted by atomic mass is 10.1. The second-order valence-electron chi connectivity index (χ2n) is 4.39. The SMILES string of the molecule is CC(=O)NC(=O)/C(C#N)=C\Nc1ccc2ccccc2c1. The van der Waals surface area contributed by atoms with Gasteiger partial charge in [0, 0.05) is 18.8 Å². The maximum Gasteiger partial charge on any atom is 0.269 e. The molecule has 104 valence electrons. The van der Waals surface area contributed by atoms with Crippen LogP contribution >= 0.6 is 0 Å². The van der Waals surface area contributed by atoms with E-state index in [2.05, 4.69) is 10.6 Å². The molecule has 2 rings (SSSR count). The Balaban J connectivity index is 2.18. The van der Waals surface area contributed by atoms with Crippen LogP contribution in [0.5, 0.6) is 0 Å². The van der Waals surface area contributed by atoms with Crippen molar-refractivity contribution in [2.75, 3.05) is 5.32 Å². The van der Waals surface area contributed by atoms with Crippen molar-refractivity contribution in [1.82, 2.24) is 5.32 Å². The first-order valence-corrected chi connectivity index (χ1v) is 6.27. The summed E-state index contributed by atoms with van der Waals surface area (Å²) in [4.78, 5) is 22.4. The molecule has 0 aliphatic heterocycles. The fourth-order valence-electron chi connectivity index (χ4n) is 1.81. The predicted octanol–water partition coefficient (Wildman–Crippen LogP) is 2.32. The number of benzene rings is 2. The molecule has 0 atom stereocenters. The molecule has 0 aromatic heterocycles. The molecule has 0 heterocycles. The van der Waals surface area contributed by atoms with Crippen molar-refractivity contribution in [2.24, 2.45) is 0 Å². The van der Waals surface area contributed by atoms with E-state index in [1.807, 2.05) is 42.5 Å². The van der Waals surface area contributed by atoms with Gasteiger partial charge in [-0.15, -0.1) is 0 Å². The first-order valence-electron chi connectivity index (χ1n) is 6.27. The minimum Gasteiger partial charge on any atom is -0.360 e. The van der Waals surface area contributed by atoms with Gasteiger partial charge in [-0.25, -0.2) is 0 Å². The van der Waals surface area contributed by atoms with Gasteiger partial charge in [0.1, 0.15) is 11.6 Å². The van der Waals surface area contributed by atoms with E-state index < -0.39 is 11.8 Å². The van der Waals surface area contributed by atoms with E-state index in [9.17, 15) is 9.59 Å². The van der Waals surface area contributed by atoms with Gasteiger partial charge in [-0.2, -0.15) is 5.26 Å². The van der Waals surface area contributed by atoms with Crippen LogP contribution in [0.15, 0.2) is 54.2 Å². The molecule has 0 aliphatic rings. The average molecular weight is 279 g/mol. The molecule has 2 aromatic carbocycles.